The molecule has 1 heterocycles. The van der Waals surface area contributed by atoms with Gasteiger partial charge in [0.25, 0.3) is 0 Å². The highest BCUT2D eigenvalue weighted by Crippen LogP contribution is 2.20. The van der Waals surface area contributed by atoms with Crippen LogP contribution in [0.3, 0.4) is 0 Å². The van der Waals surface area contributed by atoms with Crippen molar-refractivity contribution in [3.63, 3.8) is 0 Å². The zero-order valence-electron chi connectivity index (χ0n) is 5.40. The second-order valence-electron chi connectivity index (χ2n) is 2.44. The summed E-state index contributed by atoms with van der Waals surface area (Å²) in [5, 5.41) is 26.5. The number of ether oxygens (including phenoxy) is 1. The average molecular weight is 149 g/mol. The van der Waals surface area contributed by atoms with Crippen molar-refractivity contribution in [2.24, 2.45) is 5.73 Å². The van der Waals surface area contributed by atoms with E-state index < -0.39 is 24.5 Å². The Labute approximate surface area is 58.0 Å². The van der Waals surface area contributed by atoms with E-state index in [4.69, 9.17) is 25.8 Å². The third kappa shape index (κ3) is 1.02. The van der Waals surface area contributed by atoms with Crippen molar-refractivity contribution in [1.82, 2.24) is 0 Å². The van der Waals surface area contributed by atoms with Crippen molar-refractivity contribution in [3.05, 3.63) is 0 Å². The van der Waals surface area contributed by atoms with Gasteiger partial charge in [0.2, 0.25) is 0 Å². The van der Waals surface area contributed by atoms with Gasteiger partial charge in [0.15, 0.2) is 5.72 Å². The van der Waals surface area contributed by atoms with Crippen LogP contribution in [0.2, 0.25) is 0 Å². The fraction of sp³-hybridized carbons (Fsp3) is 1.00. The van der Waals surface area contributed by atoms with E-state index in [0.29, 0.717) is 0 Å². The van der Waals surface area contributed by atoms with E-state index in [2.05, 4.69) is 0 Å². The third-order valence-electron chi connectivity index (χ3n) is 1.64. The van der Waals surface area contributed by atoms with Crippen LogP contribution in [-0.2, 0) is 4.74 Å². The summed E-state index contributed by atoms with van der Waals surface area (Å²) in [7, 11) is 0. The maximum absolute atomic E-state index is 9.06. The van der Waals surface area contributed by atoms with Crippen LogP contribution in [0.1, 0.15) is 0 Å². The summed E-state index contributed by atoms with van der Waals surface area (Å²) in [6, 6.07) is 0. The predicted molar refractivity (Wildman–Crippen MR) is 32.0 cm³/mol. The van der Waals surface area contributed by atoms with E-state index >= 15 is 0 Å². The number of rotatable bonds is 1. The molecule has 5 heteroatoms. The van der Waals surface area contributed by atoms with Gasteiger partial charge < -0.3 is 20.1 Å². The SMILES string of the molecule is NC1(CO)OC[C@@H](O)[C@H]1O. The maximum Gasteiger partial charge on any atom is 0.168 e. The fourth-order valence-electron chi connectivity index (χ4n) is 0.882. The molecule has 60 valence electrons. The normalized spacial score (nSPS) is 48.0. The number of aliphatic hydroxyl groups excluding tert-OH is 3. The van der Waals surface area contributed by atoms with Gasteiger partial charge in [0, 0.05) is 0 Å². The second kappa shape index (κ2) is 2.44. The Hall–Kier alpha value is -0.200. The van der Waals surface area contributed by atoms with E-state index in [1.807, 2.05) is 0 Å². The van der Waals surface area contributed by atoms with Gasteiger partial charge >= 0.3 is 0 Å². The molecule has 0 aliphatic carbocycles. The van der Waals surface area contributed by atoms with E-state index in [-0.39, 0.29) is 6.61 Å². The fourth-order valence-corrected chi connectivity index (χ4v) is 0.882. The van der Waals surface area contributed by atoms with Crippen LogP contribution in [0.25, 0.3) is 0 Å². The van der Waals surface area contributed by atoms with E-state index in [1.54, 1.807) is 0 Å². The Morgan fingerprint density at radius 1 is 1.60 bits per heavy atom. The summed E-state index contributed by atoms with van der Waals surface area (Å²) in [5.41, 5.74) is 3.84. The molecule has 0 radical (unpaired) electrons. The molecule has 1 aliphatic heterocycles. The highest BCUT2D eigenvalue weighted by molar-refractivity contribution is 4.92. The van der Waals surface area contributed by atoms with Crippen LogP contribution in [-0.4, -0.2) is 46.5 Å². The van der Waals surface area contributed by atoms with Crippen molar-refractivity contribution >= 4 is 0 Å². The molecule has 0 aromatic carbocycles. The van der Waals surface area contributed by atoms with Gasteiger partial charge in [-0.2, -0.15) is 0 Å². The minimum atomic E-state index is -1.47. The topological polar surface area (TPSA) is 95.9 Å². The largest absolute Gasteiger partial charge is 0.392 e. The summed E-state index contributed by atoms with van der Waals surface area (Å²) in [5.74, 6) is 0. The number of aliphatic hydroxyl groups is 3. The molecule has 1 fully saturated rings. The summed E-state index contributed by atoms with van der Waals surface area (Å²) in [6.07, 6.45) is -2.19. The highest BCUT2D eigenvalue weighted by Gasteiger charge is 2.45. The third-order valence-corrected chi connectivity index (χ3v) is 1.64. The average Bonchev–Trinajstić information content (AvgIpc) is 2.19. The molecular formula is C5H11NO4. The zero-order chi connectivity index (χ0) is 7.78. The highest BCUT2D eigenvalue weighted by atomic mass is 16.6. The second-order valence-corrected chi connectivity index (χ2v) is 2.44. The Morgan fingerprint density at radius 2 is 2.20 bits per heavy atom. The molecule has 0 saturated carbocycles. The molecule has 10 heavy (non-hydrogen) atoms. The summed E-state index contributed by atoms with van der Waals surface area (Å²) in [6.45, 7) is -0.524. The van der Waals surface area contributed by atoms with Crippen LogP contribution >= 0.6 is 0 Å². The molecule has 1 rings (SSSR count). The van der Waals surface area contributed by atoms with Crippen molar-refractivity contribution in [2.45, 2.75) is 17.9 Å². The lowest BCUT2D eigenvalue weighted by atomic mass is 10.1. The molecule has 1 unspecified atom stereocenters. The first-order chi connectivity index (χ1) is 4.60. The van der Waals surface area contributed by atoms with E-state index in [9.17, 15) is 0 Å². The van der Waals surface area contributed by atoms with Crippen molar-refractivity contribution in [2.75, 3.05) is 13.2 Å². The lowest BCUT2D eigenvalue weighted by Gasteiger charge is -2.24. The van der Waals surface area contributed by atoms with Gasteiger partial charge in [0.1, 0.15) is 12.2 Å². The minimum Gasteiger partial charge on any atom is -0.392 e. The Morgan fingerprint density at radius 3 is 2.40 bits per heavy atom. The molecule has 0 aromatic rings. The van der Waals surface area contributed by atoms with Gasteiger partial charge in [-0.1, -0.05) is 0 Å². The van der Waals surface area contributed by atoms with Gasteiger partial charge in [0.05, 0.1) is 13.2 Å². The Balaban J connectivity index is 2.64. The monoisotopic (exact) mass is 149 g/mol. The Bertz CT molecular complexity index is 131. The standard InChI is InChI=1S/C5H11NO4/c6-5(2-7)4(9)3(8)1-10-5/h3-4,7-9H,1-2,6H2/t3-,4-,5?/m1/s1. The van der Waals surface area contributed by atoms with Crippen molar-refractivity contribution in [3.8, 4) is 0 Å². The molecular weight excluding hydrogens is 138 g/mol. The van der Waals surface area contributed by atoms with Gasteiger partial charge in [-0.25, -0.2) is 0 Å². The van der Waals surface area contributed by atoms with E-state index in [1.165, 1.54) is 0 Å². The first-order valence-corrected chi connectivity index (χ1v) is 3.00. The first-order valence-electron chi connectivity index (χ1n) is 3.00. The van der Waals surface area contributed by atoms with Crippen LogP contribution in [0.4, 0.5) is 0 Å². The predicted octanol–water partition coefficient (Wildman–Crippen LogP) is -2.61. The number of hydrogen-bond donors (Lipinski definition) is 4. The minimum absolute atomic E-state index is 0.0295. The summed E-state index contributed by atoms with van der Waals surface area (Å²) >= 11 is 0. The molecule has 5 N–H and O–H groups in total. The summed E-state index contributed by atoms with van der Waals surface area (Å²) in [4.78, 5) is 0. The number of hydrogen-bond acceptors (Lipinski definition) is 5. The quantitative estimate of drug-likeness (QED) is 0.327. The molecule has 0 spiro atoms. The molecule has 5 nitrogen and oxygen atoms in total. The van der Waals surface area contributed by atoms with Crippen LogP contribution in [0.15, 0.2) is 0 Å². The van der Waals surface area contributed by atoms with E-state index in [0.717, 1.165) is 0 Å². The number of nitrogens with two attached hydrogens (primary N) is 1. The van der Waals surface area contributed by atoms with Crippen LogP contribution in [0, 0.1) is 0 Å². The van der Waals surface area contributed by atoms with Crippen LogP contribution < -0.4 is 5.73 Å². The molecule has 3 atom stereocenters. The molecule has 1 aliphatic rings. The van der Waals surface area contributed by atoms with Gasteiger partial charge in [-0.3, -0.25) is 5.73 Å². The maximum atomic E-state index is 9.06. The molecule has 1 saturated heterocycles. The lowest BCUT2D eigenvalue weighted by molar-refractivity contribution is -0.0904. The van der Waals surface area contributed by atoms with Crippen LogP contribution in [0.5, 0.6) is 0 Å². The van der Waals surface area contributed by atoms with Crippen molar-refractivity contribution in [1.29, 1.82) is 0 Å². The van der Waals surface area contributed by atoms with Gasteiger partial charge in [-0.05, 0) is 0 Å². The molecule has 0 bridgehead atoms. The van der Waals surface area contributed by atoms with Gasteiger partial charge in [-0.15, -0.1) is 0 Å². The molecule has 0 amide bonds. The smallest absolute Gasteiger partial charge is 0.168 e. The lowest BCUT2D eigenvalue weighted by Crippen LogP contribution is -2.54. The summed E-state index contributed by atoms with van der Waals surface area (Å²) < 4.78 is 4.74. The zero-order valence-corrected chi connectivity index (χ0v) is 5.40. The first kappa shape index (κ1) is 7.90. The van der Waals surface area contributed by atoms with Crippen molar-refractivity contribution < 1.29 is 20.1 Å². The Kier molecular flexibility index (Phi) is 1.93. The molecule has 0 aromatic heterocycles.